The van der Waals surface area contributed by atoms with Crippen molar-refractivity contribution in [3.8, 4) is 0 Å². The molecule has 0 bridgehead atoms. The number of aliphatic hydroxyl groups excluding tert-OH is 5. The molecular weight excluding hydrogens is 719 g/mol. The second kappa shape index (κ2) is 31.4. The van der Waals surface area contributed by atoms with Crippen molar-refractivity contribution in [3.05, 3.63) is 24.3 Å². The van der Waals surface area contributed by atoms with Gasteiger partial charge in [0.1, 0.15) is 43.2 Å². The summed E-state index contributed by atoms with van der Waals surface area (Å²) in [6.45, 7) is 3.17. The molecule has 1 fully saturated rings. The van der Waals surface area contributed by atoms with Gasteiger partial charge in [-0.1, -0.05) is 128 Å². The van der Waals surface area contributed by atoms with Crippen LogP contribution in [-0.4, -0.2) is 98.3 Å². The van der Waals surface area contributed by atoms with Gasteiger partial charge in [0.05, 0.1) is 6.61 Å². The van der Waals surface area contributed by atoms with E-state index in [9.17, 15) is 44.6 Å². The van der Waals surface area contributed by atoms with Gasteiger partial charge in [-0.05, 0) is 44.9 Å². The van der Waals surface area contributed by atoms with Crippen molar-refractivity contribution in [2.45, 2.75) is 204 Å². The molecular formula is C40H73O13P. The number of aliphatic hydroxyl groups is 5. The summed E-state index contributed by atoms with van der Waals surface area (Å²) in [5, 5.41) is 49.9. The van der Waals surface area contributed by atoms with E-state index in [0.717, 1.165) is 70.6 Å². The number of ether oxygens (including phenoxy) is 2. The lowest BCUT2D eigenvalue weighted by molar-refractivity contribution is -0.220. The Labute approximate surface area is 324 Å². The van der Waals surface area contributed by atoms with Crippen LogP contribution in [0.4, 0.5) is 0 Å². The van der Waals surface area contributed by atoms with Crippen LogP contribution >= 0.6 is 7.82 Å². The number of phosphoric acid groups is 1. The van der Waals surface area contributed by atoms with E-state index in [0.29, 0.717) is 12.8 Å². The predicted octanol–water partition coefficient (Wildman–Crippen LogP) is 6.89. The fourth-order valence-corrected chi connectivity index (χ4v) is 7.11. The molecule has 0 radical (unpaired) electrons. The molecule has 1 aliphatic carbocycles. The van der Waals surface area contributed by atoms with Gasteiger partial charge in [-0.3, -0.25) is 18.6 Å². The molecule has 6 N–H and O–H groups in total. The highest BCUT2D eigenvalue weighted by molar-refractivity contribution is 7.47. The maximum Gasteiger partial charge on any atom is 0.472 e. The van der Waals surface area contributed by atoms with Crippen LogP contribution in [-0.2, 0) is 32.7 Å². The third-order valence-corrected chi connectivity index (χ3v) is 10.5. The third-order valence-electron chi connectivity index (χ3n) is 9.55. The first-order valence-corrected chi connectivity index (χ1v) is 22.1. The van der Waals surface area contributed by atoms with Crippen molar-refractivity contribution in [2.24, 2.45) is 0 Å². The summed E-state index contributed by atoms with van der Waals surface area (Å²) in [5.74, 6) is -1.11. The number of carbonyl (C=O) groups excluding carboxylic acids is 2. The zero-order valence-corrected chi connectivity index (χ0v) is 33.9. The Balaban J connectivity index is 2.42. The lowest BCUT2D eigenvalue weighted by Crippen LogP contribution is -2.64. The first-order chi connectivity index (χ1) is 25.9. The van der Waals surface area contributed by atoms with Gasteiger partial charge < -0.3 is 39.9 Å². The molecule has 54 heavy (non-hydrogen) atoms. The average Bonchev–Trinajstić information content (AvgIpc) is 3.15. The highest BCUT2D eigenvalue weighted by atomic mass is 31.2. The van der Waals surface area contributed by atoms with Crippen LogP contribution in [0.3, 0.4) is 0 Å². The van der Waals surface area contributed by atoms with Crippen molar-refractivity contribution in [1.82, 2.24) is 0 Å². The number of phosphoric ester groups is 1. The molecule has 0 heterocycles. The highest BCUT2D eigenvalue weighted by Gasteiger charge is 2.51. The van der Waals surface area contributed by atoms with Crippen LogP contribution < -0.4 is 0 Å². The van der Waals surface area contributed by atoms with E-state index in [1.807, 2.05) is 0 Å². The Morgan fingerprint density at radius 2 is 1.00 bits per heavy atom. The van der Waals surface area contributed by atoms with E-state index in [1.54, 1.807) is 0 Å². The topological polar surface area (TPSA) is 210 Å². The molecule has 0 aromatic heterocycles. The Kier molecular flexibility index (Phi) is 29.3. The maximum atomic E-state index is 12.7. The molecule has 13 nitrogen and oxygen atoms in total. The molecule has 0 aromatic carbocycles. The molecule has 0 amide bonds. The van der Waals surface area contributed by atoms with Crippen LogP contribution in [0.5, 0.6) is 0 Å². The number of hydrogen-bond acceptors (Lipinski definition) is 12. The minimum Gasteiger partial charge on any atom is -0.462 e. The summed E-state index contributed by atoms with van der Waals surface area (Å²) in [6, 6.07) is 0. The zero-order chi connectivity index (χ0) is 40.0. The van der Waals surface area contributed by atoms with Crippen molar-refractivity contribution in [2.75, 3.05) is 13.2 Å². The molecule has 0 saturated heterocycles. The van der Waals surface area contributed by atoms with E-state index in [-0.39, 0.29) is 12.8 Å². The summed E-state index contributed by atoms with van der Waals surface area (Å²) in [5.41, 5.74) is 0. The minimum atomic E-state index is -5.10. The molecule has 0 aliphatic heterocycles. The molecule has 1 rings (SSSR count). The van der Waals surface area contributed by atoms with Crippen LogP contribution in [0.2, 0.25) is 0 Å². The molecule has 316 valence electrons. The van der Waals surface area contributed by atoms with E-state index in [1.165, 1.54) is 51.4 Å². The number of hydrogen-bond donors (Lipinski definition) is 6. The van der Waals surface area contributed by atoms with Gasteiger partial charge in [-0.15, -0.1) is 0 Å². The SMILES string of the molecule is CCCCC/C=C\C/C=C\CCCCCCCCCCCC(=O)OC(COC(=O)CCCCCCCC)COP(=O)(O)OC1C(O)C(O)C(O)C(O)C1O. The predicted molar refractivity (Wildman–Crippen MR) is 207 cm³/mol. The van der Waals surface area contributed by atoms with E-state index < -0.39 is 75.7 Å². The highest BCUT2D eigenvalue weighted by Crippen LogP contribution is 2.47. The van der Waals surface area contributed by atoms with Gasteiger partial charge in [0.2, 0.25) is 0 Å². The summed E-state index contributed by atoms with van der Waals surface area (Å²) in [4.78, 5) is 35.3. The number of carbonyl (C=O) groups is 2. The van der Waals surface area contributed by atoms with E-state index >= 15 is 0 Å². The number of rotatable bonds is 33. The normalized spacial score (nSPS) is 23.5. The summed E-state index contributed by atoms with van der Waals surface area (Å²) in [6.07, 6.45) is 18.6. The Bertz CT molecular complexity index is 1050. The van der Waals surface area contributed by atoms with Crippen molar-refractivity contribution in [3.63, 3.8) is 0 Å². The second-order valence-electron chi connectivity index (χ2n) is 14.5. The molecule has 6 unspecified atom stereocenters. The van der Waals surface area contributed by atoms with Crippen LogP contribution in [0, 0.1) is 0 Å². The Morgan fingerprint density at radius 1 is 0.574 bits per heavy atom. The van der Waals surface area contributed by atoms with Gasteiger partial charge in [0.15, 0.2) is 6.10 Å². The van der Waals surface area contributed by atoms with Crippen LogP contribution in [0.25, 0.3) is 0 Å². The lowest BCUT2D eigenvalue weighted by atomic mass is 9.85. The van der Waals surface area contributed by atoms with Gasteiger partial charge in [-0.25, -0.2) is 4.57 Å². The molecule has 14 heteroatoms. The largest absolute Gasteiger partial charge is 0.472 e. The van der Waals surface area contributed by atoms with Gasteiger partial charge >= 0.3 is 19.8 Å². The van der Waals surface area contributed by atoms with Gasteiger partial charge in [0, 0.05) is 12.8 Å². The third kappa shape index (κ3) is 24.1. The zero-order valence-electron chi connectivity index (χ0n) is 33.0. The van der Waals surface area contributed by atoms with Gasteiger partial charge in [-0.2, -0.15) is 0 Å². The smallest absolute Gasteiger partial charge is 0.462 e. The quantitative estimate of drug-likeness (QED) is 0.0173. The molecule has 0 aromatic rings. The van der Waals surface area contributed by atoms with Crippen LogP contribution in [0.1, 0.15) is 162 Å². The molecule has 0 spiro atoms. The molecule has 1 aliphatic rings. The second-order valence-corrected chi connectivity index (χ2v) is 15.9. The Morgan fingerprint density at radius 3 is 1.54 bits per heavy atom. The fraction of sp³-hybridized carbons (Fsp3) is 0.850. The van der Waals surface area contributed by atoms with Crippen molar-refractivity contribution < 1.29 is 63.1 Å². The first kappa shape index (κ1) is 50.3. The van der Waals surface area contributed by atoms with Crippen LogP contribution in [0.15, 0.2) is 24.3 Å². The van der Waals surface area contributed by atoms with Gasteiger partial charge in [0.25, 0.3) is 0 Å². The number of allylic oxidation sites excluding steroid dienone is 4. The monoisotopic (exact) mass is 792 g/mol. The standard InChI is InChI=1S/C40H73O13P/c1-3-5-7-9-11-12-13-14-15-16-17-18-19-20-21-22-23-25-27-29-34(42)52-32(30-50-33(41)28-26-24-10-8-6-4-2)31-51-54(48,49)53-40-38(46)36(44)35(43)37(45)39(40)47/h11-12,14-15,32,35-40,43-47H,3-10,13,16-31H2,1-2H3,(H,48,49)/b12-11-,15-14-. The summed E-state index contributed by atoms with van der Waals surface area (Å²) >= 11 is 0. The van der Waals surface area contributed by atoms with Crippen molar-refractivity contribution >= 4 is 19.8 Å². The fourth-order valence-electron chi connectivity index (χ4n) is 6.14. The first-order valence-electron chi connectivity index (χ1n) is 20.6. The maximum absolute atomic E-state index is 12.7. The lowest BCUT2D eigenvalue weighted by Gasteiger charge is -2.41. The minimum absolute atomic E-state index is 0.0935. The van der Waals surface area contributed by atoms with E-state index in [2.05, 4.69) is 38.2 Å². The summed E-state index contributed by atoms with van der Waals surface area (Å²) in [7, 11) is -5.10. The van der Waals surface area contributed by atoms with E-state index in [4.69, 9.17) is 18.5 Å². The Hall–Kier alpha value is -1.67. The van der Waals surface area contributed by atoms with Crippen molar-refractivity contribution in [1.29, 1.82) is 0 Å². The summed E-state index contributed by atoms with van der Waals surface area (Å²) < 4.78 is 33.2. The number of unbranched alkanes of at least 4 members (excludes halogenated alkanes) is 17. The molecule has 1 saturated carbocycles. The molecule has 6 atom stereocenters. The number of esters is 2. The average molecular weight is 793 g/mol.